The molecule has 2 heterocycles. The first kappa shape index (κ1) is 25.4. The molecule has 1 saturated heterocycles. The molecule has 176 valence electrons. The summed E-state index contributed by atoms with van der Waals surface area (Å²) in [6.07, 6.45) is 22.0. The first-order valence-corrected chi connectivity index (χ1v) is 12.4. The lowest BCUT2D eigenvalue weighted by atomic mass is 10.1. The van der Waals surface area contributed by atoms with Gasteiger partial charge in [-0.15, -0.1) is 0 Å². The molecule has 2 N–H and O–H groups in total. The molecule has 0 aliphatic carbocycles. The zero-order valence-corrected chi connectivity index (χ0v) is 19.4. The zero-order chi connectivity index (χ0) is 22.3. The predicted molar refractivity (Wildman–Crippen MR) is 123 cm³/mol. The number of nitrogens with zero attached hydrogens (tertiary/aromatic N) is 1. The van der Waals surface area contributed by atoms with E-state index in [0.717, 1.165) is 25.7 Å². The Balaban J connectivity index is 1.47. The molecule has 0 radical (unpaired) electrons. The molecule has 2 rings (SSSR count). The topological polar surface area (TPSA) is 81.9 Å². The molecular formula is C25H42N2O4. The minimum atomic E-state index is -0.403. The number of ether oxygens (including phenoxy) is 2. The van der Waals surface area contributed by atoms with Gasteiger partial charge in [0.1, 0.15) is 12.8 Å². The molecule has 0 saturated carbocycles. The van der Waals surface area contributed by atoms with Crippen LogP contribution in [0.3, 0.4) is 0 Å². The Kier molecular flexibility index (Phi) is 12.4. The van der Waals surface area contributed by atoms with Gasteiger partial charge in [0.15, 0.2) is 0 Å². The summed E-state index contributed by atoms with van der Waals surface area (Å²) in [5.74, 6) is -0.531. The molecule has 2 atom stereocenters. The summed E-state index contributed by atoms with van der Waals surface area (Å²) < 4.78 is 11.4. The minimum Gasteiger partial charge on any atom is -0.463 e. The molecule has 0 aromatic heterocycles. The van der Waals surface area contributed by atoms with Crippen LogP contribution in [-0.2, 0) is 19.1 Å². The first-order valence-electron chi connectivity index (χ1n) is 12.4. The average Bonchev–Trinajstić information content (AvgIpc) is 3.25. The van der Waals surface area contributed by atoms with E-state index in [-0.39, 0.29) is 18.3 Å². The standard InChI is InChI=1S/C25H42N2O4/c1-2-3-4-5-6-7-8-9-10-11-12-15-24(28)30-20-22-16-17-23(31-22)27-18-13-14-21(19-27)25(26)29/h13,18-19,22-23H,2-12,14-17,20H2,1H3,(H2,26,29)/t22-,23+/m0/s1. The van der Waals surface area contributed by atoms with Crippen molar-refractivity contribution in [1.29, 1.82) is 0 Å². The van der Waals surface area contributed by atoms with Crippen LogP contribution in [0, 0.1) is 0 Å². The van der Waals surface area contributed by atoms with E-state index < -0.39 is 5.91 Å². The fourth-order valence-electron chi connectivity index (χ4n) is 4.14. The summed E-state index contributed by atoms with van der Waals surface area (Å²) >= 11 is 0. The molecule has 2 aliphatic heterocycles. The van der Waals surface area contributed by atoms with Gasteiger partial charge in [0.2, 0.25) is 5.91 Å². The lowest BCUT2D eigenvalue weighted by Crippen LogP contribution is -2.30. The number of carbonyl (C=O) groups is 2. The summed E-state index contributed by atoms with van der Waals surface area (Å²) in [5, 5.41) is 0. The van der Waals surface area contributed by atoms with Crippen molar-refractivity contribution in [3.05, 3.63) is 24.0 Å². The maximum Gasteiger partial charge on any atom is 0.305 e. The Hall–Kier alpha value is -1.82. The maximum absolute atomic E-state index is 12.0. The Morgan fingerprint density at radius 1 is 1.03 bits per heavy atom. The van der Waals surface area contributed by atoms with Crippen LogP contribution < -0.4 is 5.73 Å². The van der Waals surface area contributed by atoms with E-state index in [4.69, 9.17) is 15.2 Å². The average molecular weight is 435 g/mol. The number of nitrogens with two attached hydrogens (primary N) is 1. The van der Waals surface area contributed by atoms with Gasteiger partial charge in [0.25, 0.3) is 0 Å². The highest BCUT2D eigenvalue weighted by molar-refractivity contribution is 5.92. The van der Waals surface area contributed by atoms with Gasteiger partial charge in [-0.2, -0.15) is 0 Å². The third-order valence-corrected chi connectivity index (χ3v) is 6.07. The number of allylic oxidation sites excluding steroid dienone is 1. The minimum absolute atomic E-state index is 0.0907. The van der Waals surface area contributed by atoms with E-state index in [1.165, 1.54) is 57.8 Å². The molecule has 1 fully saturated rings. The second kappa shape index (κ2) is 15.1. The summed E-state index contributed by atoms with van der Waals surface area (Å²) in [4.78, 5) is 25.3. The molecule has 1 amide bonds. The number of hydrogen-bond donors (Lipinski definition) is 1. The van der Waals surface area contributed by atoms with Crippen LogP contribution in [0.5, 0.6) is 0 Å². The molecule has 6 heteroatoms. The van der Waals surface area contributed by atoms with Crippen molar-refractivity contribution in [3.8, 4) is 0 Å². The van der Waals surface area contributed by atoms with E-state index >= 15 is 0 Å². The Labute approximate surface area is 188 Å². The van der Waals surface area contributed by atoms with Crippen molar-refractivity contribution in [1.82, 2.24) is 4.90 Å². The van der Waals surface area contributed by atoms with Crippen LogP contribution in [0.1, 0.15) is 103 Å². The summed E-state index contributed by atoms with van der Waals surface area (Å²) in [7, 11) is 0. The highest BCUT2D eigenvalue weighted by atomic mass is 16.6. The Bertz CT molecular complexity index is 602. The van der Waals surface area contributed by atoms with Crippen molar-refractivity contribution in [2.45, 2.75) is 116 Å². The SMILES string of the molecule is CCCCCCCCCCCCCC(=O)OC[C@@H]1CC[C@H](N2C=CCC(C(N)=O)=C2)O1. The number of esters is 1. The highest BCUT2D eigenvalue weighted by Gasteiger charge is 2.30. The monoisotopic (exact) mass is 434 g/mol. The third kappa shape index (κ3) is 10.4. The number of unbranched alkanes of at least 4 members (excludes halogenated alkanes) is 10. The molecule has 31 heavy (non-hydrogen) atoms. The smallest absolute Gasteiger partial charge is 0.305 e. The Morgan fingerprint density at radius 2 is 1.68 bits per heavy atom. The van der Waals surface area contributed by atoms with Crippen molar-refractivity contribution in [2.24, 2.45) is 5.73 Å². The van der Waals surface area contributed by atoms with Crippen molar-refractivity contribution in [3.63, 3.8) is 0 Å². The van der Waals surface area contributed by atoms with Gasteiger partial charge in [-0.25, -0.2) is 0 Å². The largest absolute Gasteiger partial charge is 0.463 e. The van der Waals surface area contributed by atoms with Gasteiger partial charge in [-0.3, -0.25) is 9.59 Å². The van der Waals surface area contributed by atoms with Gasteiger partial charge >= 0.3 is 5.97 Å². The molecule has 2 aliphatic rings. The van der Waals surface area contributed by atoms with Crippen LogP contribution >= 0.6 is 0 Å². The fraction of sp³-hybridized carbons (Fsp3) is 0.760. The lowest BCUT2D eigenvalue weighted by molar-refractivity contribution is -0.148. The van der Waals surface area contributed by atoms with Crippen LogP contribution in [0.4, 0.5) is 0 Å². The highest BCUT2D eigenvalue weighted by Crippen LogP contribution is 2.26. The van der Waals surface area contributed by atoms with Gasteiger partial charge in [-0.05, 0) is 25.7 Å². The van der Waals surface area contributed by atoms with Crippen molar-refractivity contribution in [2.75, 3.05) is 6.61 Å². The first-order chi connectivity index (χ1) is 15.1. The van der Waals surface area contributed by atoms with Crippen LogP contribution in [-0.4, -0.2) is 35.7 Å². The van der Waals surface area contributed by atoms with E-state index in [2.05, 4.69) is 6.92 Å². The summed E-state index contributed by atoms with van der Waals surface area (Å²) in [6.45, 7) is 2.56. The van der Waals surface area contributed by atoms with Gasteiger partial charge < -0.3 is 20.1 Å². The molecule has 0 unspecified atom stereocenters. The van der Waals surface area contributed by atoms with E-state index in [9.17, 15) is 9.59 Å². The summed E-state index contributed by atoms with van der Waals surface area (Å²) in [5.41, 5.74) is 5.95. The maximum atomic E-state index is 12.0. The van der Waals surface area contributed by atoms with Gasteiger partial charge in [-0.1, -0.05) is 77.2 Å². The normalized spacial score (nSPS) is 20.7. The zero-order valence-electron chi connectivity index (χ0n) is 19.4. The van der Waals surface area contributed by atoms with Crippen molar-refractivity contribution < 1.29 is 19.1 Å². The molecule has 0 aromatic rings. The number of carbonyl (C=O) groups excluding carboxylic acids is 2. The van der Waals surface area contributed by atoms with E-state index in [1.54, 1.807) is 6.20 Å². The van der Waals surface area contributed by atoms with E-state index in [1.807, 2.05) is 17.2 Å². The van der Waals surface area contributed by atoms with Crippen molar-refractivity contribution >= 4 is 11.9 Å². The van der Waals surface area contributed by atoms with E-state index in [0.29, 0.717) is 25.0 Å². The number of primary amides is 1. The van der Waals surface area contributed by atoms with Crippen LogP contribution in [0.25, 0.3) is 0 Å². The Morgan fingerprint density at radius 3 is 2.32 bits per heavy atom. The lowest BCUT2D eigenvalue weighted by Gasteiger charge is -2.27. The molecular weight excluding hydrogens is 392 g/mol. The second-order valence-corrected chi connectivity index (χ2v) is 8.81. The molecule has 0 spiro atoms. The fourth-order valence-corrected chi connectivity index (χ4v) is 4.14. The van der Waals surface area contributed by atoms with Gasteiger partial charge in [0.05, 0.1) is 6.10 Å². The predicted octanol–water partition coefficient (Wildman–Crippen LogP) is 5.32. The molecule has 6 nitrogen and oxygen atoms in total. The van der Waals surface area contributed by atoms with Gasteiger partial charge in [0, 0.05) is 24.4 Å². The summed E-state index contributed by atoms with van der Waals surface area (Å²) in [6, 6.07) is 0. The molecule has 0 bridgehead atoms. The molecule has 0 aromatic carbocycles. The van der Waals surface area contributed by atoms with Crippen LogP contribution in [0.2, 0.25) is 0 Å². The number of hydrogen-bond acceptors (Lipinski definition) is 5. The quantitative estimate of drug-likeness (QED) is 0.262. The number of amides is 1. The van der Waals surface area contributed by atoms with Crippen LogP contribution in [0.15, 0.2) is 24.0 Å². The number of rotatable bonds is 16. The second-order valence-electron chi connectivity index (χ2n) is 8.81. The third-order valence-electron chi connectivity index (χ3n) is 6.07.